The van der Waals surface area contributed by atoms with Gasteiger partial charge in [0, 0.05) is 51.4 Å². The fourth-order valence-electron chi connectivity index (χ4n) is 0.421. The van der Waals surface area contributed by atoms with Crippen molar-refractivity contribution >= 4 is 67.4 Å². The molecule has 14 heavy (non-hydrogen) atoms. The molecule has 0 aliphatic rings. The van der Waals surface area contributed by atoms with Crippen molar-refractivity contribution in [3.8, 4) is 0 Å². The molecule has 0 aliphatic carbocycles. The monoisotopic (exact) mass is 248 g/mol. The fourth-order valence-corrected chi connectivity index (χ4v) is 1.26. The maximum Gasteiger partial charge on any atom is 0.265 e. The van der Waals surface area contributed by atoms with Crippen LogP contribution >= 0.6 is 0 Å². The molecule has 1 amide bonds. The largest absolute Gasteiger partial charge is 0.366 e. The minimum atomic E-state index is -3.72. The molecule has 0 aliphatic heterocycles. The third-order valence-corrected chi connectivity index (χ3v) is 1.83. The molecule has 0 fully saturated rings. The van der Waals surface area contributed by atoms with E-state index in [0.29, 0.717) is 0 Å². The number of hydrogen-bond donors (Lipinski definition) is 2. The molecular weight excluding hydrogens is 233 g/mol. The number of amides is 1. The molecule has 5 nitrogen and oxygen atoms in total. The average molecular weight is 248 g/mol. The molecule has 0 atom stereocenters. The van der Waals surface area contributed by atoms with Crippen LogP contribution in [0.1, 0.15) is 13.8 Å². The van der Waals surface area contributed by atoms with Gasteiger partial charge in [0.1, 0.15) is 0 Å². The molecule has 0 aromatic carbocycles. The molecule has 0 rings (SSSR count). The Hall–Kier alpha value is 0.756. The molecule has 1 radical (unpaired) electrons. The van der Waals surface area contributed by atoms with Crippen molar-refractivity contribution in [3.05, 3.63) is 12.7 Å². The average Bonchev–Trinajstić information content (AvgIpc) is 1.83. The van der Waals surface area contributed by atoms with Crippen molar-refractivity contribution in [2.75, 3.05) is 5.75 Å². The van der Waals surface area contributed by atoms with Gasteiger partial charge in [0.2, 0.25) is 5.91 Å². The van der Waals surface area contributed by atoms with Crippen molar-refractivity contribution in [1.29, 1.82) is 0 Å². The van der Waals surface area contributed by atoms with Crippen molar-refractivity contribution in [1.82, 2.24) is 0 Å². The van der Waals surface area contributed by atoms with E-state index in [1.807, 2.05) is 0 Å². The summed E-state index contributed by atoms with van der Waals surface area (Å²) in [6.45, 7) is 6.55. The van der Waals surface area contributed by atoms with Gasteiger partial charge in [-0.1, -0.05) is 20.4 Å². The molecule has 0 spiro atoms. The molecular formula is C7H15KNO4S. The van der Waals surface area contributed by atoms with Gasteiger partial charge in [-0.3, -0.25) is 9.35 Å². The smallest absolute Gasteiger partial charge is 0.265 e. The first-order valence-corrected chi connectivity index (χ1v) is 5.17. The normalized spacial score (nSPS) is 9.43. The Kier molecular flexibility index (Phi) is 14.8. The third kappa shape index (κ3) is 29.3. The first kappa shape index (κ1) is 20.2. The SMILES string of the molecule is C=CC(N)=O.CC(C)CS(=O)(=O)O.[K]. The Morgan fingerprint density at radius 2 is 1.86 bits per heavy atom. The number of carbonyl (C=O) groups is 1. The van der Waals surface area contributed by atoms with Crippen molar-refractivity contribution in [3.63, 3.8) is 0 Å². The minimum Gasteiger partial charge on any atom is -0.366 e. The summed E-state index contributed by atoms with van der Waals surface area (Å²) in [6, 6.07) is 0. The van der Waals surface area contributed by atoms with Gasteiger partial charge in [-0.25, -0.2) is 0 Å². The van der Waals surface area contributed by atoms with E-state index in [9.17, 15) is 13.2 Å². The van der Waals surface area contributed by atoms with Crippen molar-refractivity contribution < 1.29 is 17.8 Å². The second-order valence-electron chi connectivity index (χ2n) is 2.75. The molecule has 79 valence electrons. The Morgan fingerprint density at radius 1 is 1.57 bits per heavy atom. The van der Waals surface area contributed by atoms with E-state index in [-0.39, 0.29) is 63.1 Å². The molecule has 0 heterocycles. The second-order valence-corrected chi connectivity index (χ2v) is 4.25. The molecule has 0 saturated heterocycles. The number of rotatable bonds is 3. The van der Waals surface area contributed by atoms with Crippen LogP contribution in [0.15, 0.2) is 12.7 Å². The molecule has 7 heteroatoms. The van der Waals surface area contributed by atoms with Gasteiger partial charge in [0.25, 0.3) is 10.1 Å². The first-order valence-electron chi connectivity index (χ1n) is 3.56. The summed E-state index contributed by atoms with van der Waals surface area (Å²) in [5, 5.41) is 0. The van der Waals surface area contributed by atoms with Crippen molar-refractivity contribution in [2.24, 2.45) is 11.7 Å². The van der Waals surface area contributed by atoms with Gasteiger partial charge in [-0.15, -0.1) is 0 Å². The zero-order valence-corrected chi connectivity index (χ0v) is 12.7. The summed E-state index contributed by atoms with van der Waals surface area (Å²) < 4.78 is 28.2. The van der Waals surface area contributed by atoms with Crippen LogP contribution in [-0.4, -0.2) is 76.0 Å². The van der Waals surface area contributed by atoms with Crippen LogP contribution in [0, 0.1) is 5.92 Å². The Labute approximate surface area is 127 Å². The summed E-state index contributed by atoms with van der Waals surface area (Å²) in [6.07, 6.45) is 1.06. The van der Waals surface area contributed by atoms with Gasteiger partial charge < -0.3 is 5.73 Å². The molecule has 0 aromatic rings. The summed E-state index contributed by atoms with van der Waals surface area (Å²) in [4.78, 5) is 9.47. The van der Waals surface area contributed by atoms with Gasteiger partial charge in [0.15, 0.2) is 0 Å². The van der Waals surface area contributed by atoms with E-state index in [1.165, 1.54) is 0 Å². The summed E-state index contributed by atoms with van der Waals surface area (Å²) >= 11 is 0. The molecule has 0 aromatic heterocycles. The molecule has 3 N–H and O–H groups in total. The predicted molar refractivity (Wildman–Crippen MR) is 56.4 cm³/mol. The number of primary amides is 1. The maximum absolute atomic E-state index is 10.00. The Morgan fingerprint density at radius 3 is 1.86 bits per heavy atom. The standard InChI is InChI=1S/C4H10O3S.C3H5NO.K/c1-4(2)3-8(5,6)7;1-2-3(4)5;/h4H,3H2,1-2H3,(H,5,6,7);2H,1H2,(H2,4,5);. The predicted octanol–water partition coefficient (Wildman–Crippen LogP) is -0.193. The number of hydrogen-bond acceptors (Lipinski definition) is 3. The Balaban J connectivity index is -0.000000177. The van der Waals surface area contributed by atoms with Crippen LogP contribution in [0.3, 0.4) is 0 Å². The van der Waals surface area contributed by atoms with Crippen LogP contribution in [0.25, 0.3) is 0 Å². The van der Waals surface area contributed by atoms with Crippen LogP contribution in [0.2, 0.25) is 0 Å². The summed E-state index contributed by atoms with van der Waals surface area (Å²) in [7, 11) is -3.72. The van der Waals surface area contributed by atoms with Crippen LogP contribution in [-0.2, 0) is 14.9 Å². The molecule has 0 bridgehead atoms. The van der Waals surface area contributed by atoms with E-state index in [4.69, 9.17) is 4.55 Å². The van der Waals surface area contributed by atoms with Crippen LogP contribution < -0.4 is 5.73 Å². The summed E-state index contributed by atoms with van der Waals surface area (Å²) in [5.74, 6) is -0.623. The number of nitrogens with two attached hydrogens (primary N) is 1. The van der Waals surface area contributed by atoms with Crippen LogP contribution in [0.4, 0.5) is 0 Å². The van der Waals surface area contributed by atoms with Gasteiger partial charge >= 0.3 is 0 Å². The quantitative estimate of drug-likeness (QED) is 0.411. The molecule has 0 saturated carbocycles. The maximum atomic E-state index is 10.00. The van der Waals surface area contributed by atoms with E-state index >= 15 is 0 Å². The minimum absolute atomic E-state index is 0. The summed E-state index contributed by atoms with van der Waals surface area (Å²) in [5.41, 5.74) is 4.53. The topological polar surface area (TPSA) is 97.5 Å². The fraction of sp³-hybridized carbons (Fsp3) is 0.571. The van der Waals surface area contributed by atoms with E-state index in [2.05, 4.69) is 12.3 Å². The van der Waals surface area contributed by atoms with E-state index in [0.717, 1.165) is 6.08 Å². The number of carbonyl (C=O) groups excluding carboxylic acids is 1. The second kappa shape index (κ2) is 10.3. The third-order valence-electron chi connectivity index (χ3n) is 0.745. The van der Waals surface area contributed by atoms with Crippen LogP contribution in [0.5, 0.6) is 0 Å². The first-order chi connectivity index (χ1) is 5.69. The van der Waals surface area contributed by atoms with Gasteiger partial charge in [0.05, 0.1) is 5.75 Å². The molecule has 0 unspecified atom stereocenters. The zero-order valence-electron chi connectivity index (χ0n) is 8.73. The Bertz CT molecular complexity index is 261. The zero-order chi connectivity index (χ0) is 11.1. The van der Waals surface area contributed by atoms with Gasteiger partial charge in [-0.2, -0.15) is 8.42 Å². The van der Waals surface area contributed by atoms with Crippen molar-refractivity contribution in [2.45, 2.75) is 13.8 Å². The van der Waals surface area contributed by atoms with Gasteiger partial charge in [-0.05, 0) is 12.0 Å². The van der Waals surface area contributed by atoms with E-state index < -0.39 is 16.0 Å². The van der Waals surface area contributed by atoms with E-state index in [1.54, 1.807) is 13.8 Å².